The van der Waals surface area contributed by atoms with Gasteiger partial charge < -0.3 is 10.2 Å². The summed E-state index contributed by atoms with van der Waals surface area (Å²) in [5, 5.41) is 2.97. The largest absolute Gasteiger partial charge is 0.352 e. The van der Waals surface area contributed by atoms with Crippen LogP contribution in [0.3, 0.4) is 0 Å². The minimum absolute atomic E-state index is 0.131. The molecular weight excluding hydrogens is 300 g/mol. The second kappa shape index (κ2) is 6.99. The molecular formula is C19H24N4O. The molecule has 0 radical (unpaired) electrons. The van der Waals surface area contributed by atoms with Gasteiger partial charge in [0.15, 0.2) is 0 Å². The summed E-state index contributed by atoms with van der Waals surface area (Å²) in [6, 6.07) is 10.4. The molecule has 3 rings (SSSR count). The highest BCUT2D eigenvalue weighted by Crippen LogP contribution is 2.23. The molecule has 24 heavy (non-hydrogen) atoms. The maximum atomic E-state index is 12.4. The van der Waals surface area contributed by atoms with Crippen molar-refractivity contribution in [3.8, 4) is 0 Å². The topological polar surface area (TPSA) is 58.1 Å². The smallest absolute Gasteiger partial charge is 0.270 e. The molecule has 1 aromatic heterocycles. The molecule has 0 aliphatic carbocycles. The van der Waals surface area contributed by atoms with E-state index in [1.54, 1.807) is 6.07 Å². The first-order valence-corrected chi connectivity index (χ1v) is 8.55. The third-order valence-corrected chi connectivity index (χ3v) is 4.50. The van der Waals surface area contributed by atoms with E-state index in [-0.39, 0.29) is 11.9 Å². The summed E-state index contributed by atoms with van der Waals surface area (Å²) in [4.78, 5) is 23.5. The Kier molecular flexibility index (Phi) is 4.79. The number of nitrogens with zero attached hydrogens (tertiary/aromatic N) is 3. The van der Waals surface area contributed by atoms with Crippen molar-refractivity contribution in [3.05, 3.63) is 53.0 Å². The average molecular weight is 324 g/mol. The third kappa shape index (κ3) is 3.55. The molecule has 1 N–H and O–H groups in total. The van der Waals surface area contributed by atoms with Crippen LogP contribution in [-0.4, -0.2) is 28.5 Å². The van der Waals surface area contributed by atoms with Crippen molar-refractivity contribution in [3.63, 3.8) is 0 Å². The van der Waals surface area contributed by atoms with E-state index >= 15 is 0 Å². The Morgan fingerprint density at radius 2 is 2.04 bits per heavy atom. The molecule has 1 amide bonds. The highest BCUT2D eigenvalue weighted by atomic mass is 16.1. The van der Waals surface area contributed by atoms with E-state index in [1.165, 1.54) is 11.1 Å². The number of anilines is 1. The summed E-state index contributed by atoms with van der Waals surface area (Å²) in [7, 11) is 0. The number of carbonyl (C=O) groups is 1. The highest BCUT2D eigenvalue weighted by Gasteiger charge is 2.20. The van der Waals surface area contributed by atoms with Crippen LogP contribution in [0.1, 0.15) is 47.7 Å². The van der Waals surface area contributed by atoms with Crippen molar-refractivity contribution in [1.29, 1.82) is 0 Å². The summed E-state index contributed by atoms with van der Waals surface area (Å²) >= 11 is 0. The van der Waals surface area contributed by atoms with E-state index in [2.05, 4.69) is 44.5 Å². The van der Waals surface area contributed by atoms with Gasteiger partial charge in [0.05, 0.1) is 0 Å². The van der Waals surface area contributed by atoms with Gasteiger partial charge in [-0.3, -0.25) is 4.79 Å². The Hall–Kier alpha value is -2.43. The summed E-state index contributed by atoms with van der Waals surface area (Å²) in [6.07, 6.45) is 1.89. The zero-order valence-electron chi connectivity index (χ0n) is 14.5. The molecule has 0 bridgehead atoms. The van der Waals surface area contributed by atoms with Gasteiger partial charge in [-0.15, -0.1) is 0 Å². The molecule has 0 fully saturated rings. The van der Waals surface area contributed by atoms with E-state index in [4.69, 9.17) is 0 Å². The number of aryl methyl sites for hydroxylation is 1. The molecule has 1 aromatic carbocycles. The lowest BCUT2D eigenvalue weighted by Gasteiger charge is -2.30. The molecule has 0 saturated heterocycles. The zero-order valence-corrected chi connectivity index (χ0v) is 14.5. The van der Waals surface area contributed by atoms with Crippen LogP contribution in [0.4, 0.5) is 5.82 Å². The number of fused-ring (bicyclic) bond motifs is 1. The second-order valence-electron chi connectivity index (χ2n) is 6.38. The molecule has 126 valence electrons. The number of hydrogen-bond acceptors (Lipinski definition) is 4. The Morgan fingerprint density at radius 1 is 1.29 bits per heavy atom. The van der Waals surface area contributed by atoms with Crippen LogP contribution >= 0.6 is 0 Å². The molecule has 2 heterocycles. The number of amides is 1. The van der Waals surface area contributed by atoms with Gasteiger partial charge in [0, 0.05) is 25.2 Å². The summed E-state index contributed by atoms with van der Waals surface area (Å²) in [6.45, 7) is 7.60. The monoisotopic (exact) mass is 324 g/mol. The van der Waals surface area contributed by atoms with Crippen molar-refractivity contribution >= 4 is 11.7 Å². The fourth-order valence-corrected chi connectivity index (χ4v) is 2.92. The third-order valence-electron chi connectivity index (χ3n) is 4.50. The molecule has 1 unspecified atom stereocenters. The minimum atomic E-state index is -0.131. The zero-order chi connectivity index (χ0) is 17.1. The SMILES string of the molecule is CCC(C)NC(=O)c1cc(N2CCc3ccccc3C2)nc(C)n1. The molecule has 1 aliphatic rings. The van der Waals surface area contributed by atoms with Gasteiger partial charge in [0.25, 0.3) is 5.91 Å². The molecule has 0 spiro atoms. The fourth-order valence-electron chi connectivity index (χ4n) is 2.92. The maximum Gasteiger partial charge on any atom is 0.270 e. The van der Waals surface area contributed by atoms with Crippen LogP contribution in [0.2, 0.25) is 0 Å². The predicted octanol–water partition coefficient (Wildman–Crippen LogP) is 2.88. The first kappa shape index (κ1) is 16.4. The Labute approximate surface area is 143 Å². The van der Waals surface area contributed by atoms with E-state index in [0.29, 0.717) is 11.5 Å². The fraction of sp³-hybridized carbons (Fsp3) is 0.421. The lowest BCUT2D eigenvalue weighted by Crippen LogP contribution is -2.34. The molecule has 1 atom stereocenters. The van der Waals surface area contributed by atoms with Gasteiger partial charge in [-0.1, -0.05) is 31.2 Å². The summed E-state index contributed by atoms with van der Waals surface area (Å²) < 4.78 is 0. The average Bonchev–Trinajstić information content (AvgIpc) is 2.60. The van der Waals surface area contributed by atoms with Crippen molar-refractivity contribution in [1.82, 2.24) is 15.3 Å². The Morgan fingerprint density at radius 3 is 2.79 bits per heavy atom. The summed E-state index contributed by atoms with van der Waals surface area (Å²) in [5.74, 6) is 1.32. The molecule has 2 aromatic rings. The standard InChI is InChI=1S/C19H24N4O/c1-4-13(2)20-19(24)17-11-18(22-14(3)21-17)23-10-9-15-7-5-6-8-16(15)12-23/h5-8,11,13H,4,9-10,12H2,1-3H3,(H,20,24). The number of rotatable bonds is 4. The summed E-state index contributed by atoms with van der Waals surface area (Å²) in [5.41, 5.74) is 3.16. The van der Waals surface area contributed by atoms with E-state index < -0.39 is 0 Å². The van der Waals surface area contributed by atoms with Gasteiger partial charge in [-0.05, 0) is 37.8 Å². The van der Waals surface area contributed by atoms with Crippen molar-refractivity contribution in [2.75, 3.05) is 11.4 Å². The maximum absolute atomic E-state index is 12.4. The van der Waals surface area contributed by atoms with E-state index in [9.17, 15) is 4.79 Å². The van der Waals surface area contributed by atoms with Gasteiger partial charge in [-0.2, -0.15) is 0 Å². The van der Waals surface area contributed by atoms with E-state index in [0.717, 1.165) is 31.7 Å². The van der Waals surface area contributed by atoms with Crippen molar-refractivity contribution < 1.29 is 4.79 Å². The van der Waals surface area contributed by atoms with Crippen LogP contribution in [0.5, 0.6) is 0 Å². The van der Waals surface area contributed by atoms with Crippen LogP contribution < -0.4 is 10.2 Å². The lowest BCUT2D eigenvalue weighted by molar-refractivity contribution is 0.0934. The van der Waals surface area contributed by atoms with Gasteiger partial charge in [0.2, 0.25) is 0 Å². The highest BCUT2D eigenvalue weighted by molar-refractivity contribution is 5.93. The van der Waals surface area contributed by atoms with Crippen LogP contribution in [0.15, 0.2) is 30.3 Å². The minimum Gasteiger partial charge on any atom is -0.352 e. The number of hydrogen-bond donors (Lipinski definition) is 1. The quantitative estimate of drug-likeness (QED) is 0.939. The van der Waals surface area contributed by atoms with Crippen LogP contribution in [0.25, 0.3) is 0 Å². The van der Waals surface area contributed by atoms with E-state index in [1.807, 2.05) is 20.8 Å². The van der Waals surface area contributed by atoms with Gasteiger partial charge in [-0.25, -0.2) is 9.97 Å². The van der Waals surface area contributed by atoms with Gasteiger partial charge in [0.1, 0.15) is 17.3 Å². The van der Waals surface area contributed by atoms with Crippen LogP contribution in [-0.2, 0) is 13.0 Å². The lowest BCUT2D eigenvalue weighted by atomic mass is 10.00. The first-order chi connectivity index (χ1) is 11.6. The predicted molar refractivity (Wildman–Crippen MR) is 95.2 cm³/mol. The van der Waals surface area contributed by atoms with Crippen LogP contribution in [0, 0.1) is 6.92 Å². The normalized spacial score (nSPS) is 14.9. The van der Waals surface area contributed by atoms with Crippen molar-refractivity contribution in [2.24, 2.45) is 0 Å². The molecule has 5 nitrogen and oxygen atoms in total. The molecule has 1 aliphatic heterocycles. The number of aromatic nitrogens is 2. The Balaban J connectivity index is 1.83. The number of nitrogens with one attached hydrogen (secondary N) is 1. The van der Waals surface area contributed by atoms with Gasteiger partial charge >= 0.3 is 0 Å². The Bertz CT molecular complexity index is 744. The number of carbonyl (C=O) groups excluding carboxylic acids is 1. The molecule has 0 saturated carbocycles. The van der Waals surface area contributed by atoms with Crippen molar-refractivity contribution in [2.45, 2.75) is 46.2 Å². The second-order valence-corrected chi connectivity index (χ2v) is 6.38. The molecule has 5 heteroatoms. The number of benzene rings is 1. The first-order valence-electron chi connectivity index (χ1n) is 8.55.